The average Bonchev–Trinajstić information content (AvgIpc) is 3.29. The van der Waals surface area contributed by atoms with Crippen molar-refractivity contribution in [3.63, 3.8) is 0 Å². The van der Waals surface area contributed by atoms with Crippen LogP contribution in [0.25, 0.3) is 11.0 Å². The van der Waals surface area contributed by atoms with E-state index in [1.54, 1.807) is 30.3 Å². The molecular weight excluding hydrogens is 598 g/mol. The van der Waals surface area contributed by atoms with E-state index in [1.165, 1.54) is 54.5 Å². The van der Waals surface area contributed by atoms with Crippen LogP contribution in [0.15, 0.2) is 82.5 Å². The fraction of sp³-hybridized carbons (Fsp3) is 0.276. The highest BCUT2D eigenvalue weighted by molar-refractivity contribution is 7.90. The first kappa shape index (κ1) is 30.1. The number of aromatic nitrogens is 2. The number of rotatable bonds is 9. The summed E-state index contributed by atoms with van der Waals surface area (Å²) in [5.74, 6) is -0.0663. The molecule has 2 amide bonds. The first-order chi connectivity index (χ1) is 20.6. The first-order valence-electron chi connectivity index (χ1n) is 13.5. The Labute approximate surface area is 252 Å². The Hall–Kier alpha value is -4.33. The molecule has 1 atom stereocenters. The number of ether oxygens (including phenoxy) is 1. The number of hydrogen-bond donors (Lipinski definition) is 2. The van der Waals surface area contributed by atoms with Gasteiger partial charge in [0.05, 0.1) is 23.0 Å². The zero-order chi connectivity index (χ0) is 30.7. The summed E-state index contributed by atoms with van der Waals surface area (Å²) in [4.78, 5) is 42.4. The second kappa shape index (κ2) is 12.5. The Morgan fingerprint density at radius 2 is 1.65 bits per heavy atom. The number of carbonyl (C=O) groups is 2. The van der Waals surface area contributed by atoms with Gasteiger partial charge >= 0.3 is 11.8 Å². The van der Waals surface area contributed by atoms with Gasteiger partial charge in [0.25, 0.3) is 10.0 Å². The number of halogens is 1. The minimum Gasteiger partial charge on any atom is -0.497 e. The van der Waals surface area contributed by atoms with Crippen LogP contribution in [0.2, 0.25) is 5.02 Å². The summed E-state index contributed by atoms with van der Waals surface area (Å²) in [7, 11) is -2.94. The van der Waals surface area contributed by atoms with E-state index in [2.05, 4.69) is 5.32 Å². The number of amides is 2. The summed E-state index contributed by atoms with van der Waals surface area (Å²) in [6, 6.07) is 17.4. The molecular formula is C29H30ClN5O7S. The number of methoxy groups -OCH3 is 1. The molecule has 0 radical (unpaired) electrons. The third-order valence-corrected chi connectivity index (χ3v) is 9.32. The smallest absolute Gasteiger partial charge is 0.407 e. The standard InChI is InChI=1S/C29H30ClN5O7S/c1-42-22-8-10-23(11-9-22)43(40,41)35-24-12-7-21(30)19-25(24)34(28(35)37)26(20-5-3-2-4-6-20)27(36)31-13-14-32-15-17-33(18-16-32)29(38)39/h2-12,19,26H,13-18H2,1H3,(H,31,36)(H,38,39). The van der Waals surface area contributed by atoms with Crippen molar-refractivity contribution in [3.8, 4) is 5.75 Å². The lowest BCUT2D eigenvalue weighted by Gasteiger charge is -2.33. The van der Waals surface area contributed by atoms with E-state index in [9.17, 15) is 27.9 Å². The molecule has 1 aromatic heterocycles. The van der Waals surface area contributed by atoms with Gasteiger partial charge < -0.3 is 20.1 Å². The number of benzene rings is 3. The third-order valence-electron chi connectivity index (χ3n) is 7.39. The van der Waals surface area contributed by atoms with Crippen molar-refractivity contribution in [2.24, 2.45) is 0 Å². The number of fused-ring (bicyclic) bond motifs is 1. The van der Waals surface area contributed by atoms with Gasteiger partial charge in [-0.05, 0) is 48.0 Å². The fourth-order valence-electron chi connectivity index (χ4n) is 5.15. The normalized spacial score (nSPS) is 14.9. The van der Waals surface area contributed by atoms with E-state index in [1.807, 2.05) is 4.90 Å². The van der Waals surface area contributed by atoms with Crippen LogP contribution in [0, 0.1) is 0 Å². The van der Waals surface area contributed by atoms with Gasteiger partial charge in [-0.25, -0.2) is 18.0 Å². The highest BCUT2D eigenvalue weighted by Crippen LogP contribution is 2.28. The van der Waals surface area contributed by atoms with Crippen LogP contribution in [0.4, 0.5) is 4.79 Å². The van der Waals surface area contributed by atoms with Crippen LogP contribution >= 0.6 is 11.6 Å². The van der Waals surface area contributed by atoms with Crippen LogP contribution in [-0.2, 0) is 14.8 Å². The molecule has 226 valence electrons. The molecule has 2 N–H and O–H groups in total. The maximum Gasteiger partial charge on any atom is 0.407 e. The van der Waals surface area contributed by atoms with Crippen LogP contribution in [-0.4, -0.2) is 90.2 Å². The Morgan fingerprint density at radius 1 is 0.977 bits per heavy atom. The van der Waals surface area contributed by atoms with Gasteiger partial charge in [-0.2, -0.15) is 3.97 Å². The maximum atomic E-state index is 14.1. The lowest BCUT2D eigenvalue weighted by atomic mass is 10.1. The molecule has 3 aromatic carbocycles. The van der Waals surface area contributed by atoms with E-state index >= 15 is 0 Å². The largest absolute Gasteiger partial charge is 0.497 e. The van der Waals surface area contributed by atoms with Crippen LogP contribution in [0.1, 0.15) is 11.6 Å². The molecule has 0 aliphatic carbocycles. The van der Waals surface area contributed by atoms with Gasteiger partial charge in [0, 0.05) is 44.3 Å². The summed E-state index contributed by atoms with van der Waals surface area (Å²) in [6.07, 6.45) is -0.961. The van der Waals surface area contributed by atoms with E-state index in [0.29, 0.717) is 48.0 Å². The zero-order valence-electron chi connectivity index (χ0n) is 23.2. The predicted octanol–water partition coefficient (Wildman–Crippen LogP) is 2.70. The molecule has 1 aliphatic heterocycles. The Kier molecular flexibility index (Phi) is 8.76. The summed E-state index contributed by atoms with van der Waals surface area (Å²) in [6.45, 7) is 2.49. The number of hydrogen-bond acceptors (Lipinski definition) is 7. The van der Waals surface area contributed by atoms with Crippen molar-refractivity contribution in [2.45, 2.75) is 10.9 Å². The SMILES string of the molecule is COc1ccc(S(=O)(=O)n2c(=O)n(C(C(=O)NCCN3CCN(C(=O)O)CC3)c3ccccc3)c3cc(Cl)ccc32)cc1. The van der Waals surface area contributed by atoms with Crippen molar-refractivity contribution in [1.82, 2.24) is 23.7 Å². The highest BCUT2D eigenvalue weighted by Gasteiger charge is 2.32. The van der Waals surface area contributed by atoms with Gasteiger partial charge in [-0.3, -0.25) is 14.3 Å². The summed E-state index contributed by atoms with van der Waals surface area (Å²) >= 11 is 6.31. The molecule has 0 saturated carbocycles. The summed E-state index contributed by atoms with van der Waals surface area (Å²) < 4.78 is 34.6. The Balaban J connectivity index is 1.53. The molecule has 14 heteroatoms. The Bertz CT molecular complexity index is 1800. The maximum absolute atomic E-state index is 14.1. The van der Waals surface area contributed by atoms with Crippen LogP contribution in [0.3, 0.4) is 0 Å². The molecule has 4 aromatic rings. The number of carboxylic acid groups (broad SMARTS) is 1. The molecule has 0 bridgehead atoms. The van der Waals surface area contributed by atoms with Gasteiger partial charge in [-0.1, -0.05) is 41.9 Å². The van der Waals surface area contributed by atoms with E-state index in [-0.39, 0.29) is 27.5 Å². The molecule has 12 nitrogen and oxygen atoms in total. The minimum atomic E-state index is -4.40. The molecule has 0 spiro atoms. The number of nitrogens with zero attached hydrogens (tertiary/aromatic N) is 4. The molecule has 1 fully saturated rings. The summed E-state index contributed by atoms with van der Waals surface area (Å²) in [5.41, 5.74) is -0.224. The van der Waals surface area contributed by atoms with Crippen molar-refractivity contribution < 1.29 is 27.9 Å². The summed E-state index contributed by atoms with van der Waals surface area (Å²) in [5, 5.41) is 12.3. The zero-order valence-corrected chi connectivity index (χ0v) is 24.8. The number of imidazole rings is 1. The van der Waals surface area contributed by atoms with E-state index in [4.69, 9.17) is 16.3 Å². The van der Waals surface area contributed by atoms with Crippen molar-refractivity contribution in [3.05, 3.63) is 93.9 Å². The Morgan fingerprint density at radius 3 is 2.28 bits per heavy atom. The van der Waals surface area contributed by atoms with Gasteiger partial charge in [0.1, 0.15) is 11.8 Å². The van der Waals surface area contributed by atoms with Gasteiger partial charge in [0.2, 0.25) is 5.91 Å². The highest BCUT2D eigenvalue weighted by atomic mass is 35.5. The van der Waals surface area contributed by atoms with Gasteiger partial charge in [-0.15, -0.1) is 0 Å². The average molecular weight is 628 g/mol. The quantitative estimate of drug-likeness (QED) is 0.288. The van der Waals surface area contributed by atoms with Crippen molar-refractivity contribution in [2.75, 3.05) is 46.4 Å². The fourth-order valence-corrected chi connectivity index (χ4v) is 6.71. The van der Waals surface area contributed by atoms with Crippen LogP contribution < -0.4 is 15.7 Å². The first-order valence-corrected chi connectivity index (χ1v) is 15.3. The number of nitrogens with one attached hydrogen (secondary N) is 1. The van der Waals surface area contributed by atoms with Crippen LogP contribution in [0.5, 0.6) is 5.75 Å². The molecule has 1 unspecified atom stereocenters. The molecule has 2 heterocycles. The van der Waals surface area contributed by atoms with E-state index < -0.39 is 33.8 Å². The van der Waals surface area contributed by atoms with Crippen molar-refractivity contribution >= 4 is 44.7 Å². The monoisotopic (exact) mass is 627 g/mol. The topological polar surface area (TPSA) is 143 Å². The van der Waals surface area contributed by atoms with E-state index in [0.717, 1.165) is 4.57 Å². The lowest BCUT2D eigenvalue weighted by Crippen LogP contribution is -2.50. The third kappa shape index (κ3) is 6.10. The number of piperazine rings is 1. The van der Waals surface area contributed by atoms with Gasteiger partial charge in [0.15, 0.2) is 0 Å². The predicted molar refractivity (Wildman–Crippen MR) is 160 cm³/mol. The molecule has 5 rings (SSSR count). The second-order valence-corrected chi connectivity index (χ2v) is 12.2. The minimum absolute atomic E-state index is 0.0650. The molecule has 1 saturated heterocycles. The second-order valence-electron chi connectivity index (χ2n) is 9.95. The molecule has 43 heavy (non-hydrogen) atoms. The lowest BCUT2D eigenvalue weighted by molar-refractivity contribution is -0.123. The molecule has 1 aliphatic rings. The van der Waals surface area contributed by atoms with Crippen molar-refractivity contribution in [1.29, 1.82) is 0 Å². The number of carbonyl (C=O) groups excluding carboxylic acids is 1.